The highest BCUT2D eigenvalue weighted by atomic mass is 32.2. The summed E-state index contributed by atoms with van der Waals surface area (Å²) in [7, 11) is -3.00. The van der Waals surface area contributed by atoms with Crippen LogP contribution in [-0.2, 0) is 16.3 Å². The van der Waals surface area contributed by atoms with Crippen LogP contribution in [0.4, 0.5) is 0 Å². The fraction of sp³-hybridized carbons (Fsp3) is 0.667. The lowest BCUT2D eigenvalue weighted by Gasteiger charge is -2.04. The molecule has 0 aliphatic carbocycles. The molecule has 0 amide bonds. The minimum Gasteiger partial charge on any atom is -0.331 e. The summed E-state index contributed by atoms with van der Waals surface area (Å²) in [5.41, 5.74) is 0. The van der Waals surface area contributed by atoms with Crippen molar-refractivity contribution >= 4 is 15.6 Å². The Labute approximate surface area is 93.0 Å². The van der Waals surface area contributed by atoms with Crippen molar-refractivity contribution in [2.24, 2.45) is 0 Å². The number of aromatic nitrogens is 2. The van der Waals surface area contributed by atoms with Crippen LogP contribution in [0.1, 0.15) is 36.3 Å². The molecule has 1 saturated heterocycles. The van der Waals surface area contributed by atoms with E-state index in [2.05, 4.69) is 10.1 Å². The van der Waals surface area contributed by atoms with E-state index in [1.807, 2.05) is 0 Å². The topological polar surface area (TPSA) is 90.1 Å². The quantitative estimate of drug-likeness (QED) is 0.714. The first-order valence-corrected chi connectivity index (χ1v) is 6.75. The molecule has 0 bridgehead atoms. The van der Waals surface area contributed by atoms with Gasteiger partial charge in [0.25, 0.3) is 5.89 Å². The molecule has 1 aromatic rings. The summed E-state index contributed by atoms with van der Waals surface area (Å²) in [4.78, 5) is 14.8. The van der Waals surface area contributed by atoms with Crippen LogP contribution in [0, 0.1) is 0 Å². The normalized spacial score (nSPS) is 23.4. The van der Waals surface area contributed by atoms with Gasteiger partial charge in [0.15, 0.2) is 15.7 Å². The van der Waals surface area contributed by atoms with E-state index in [1.54, 1.807) is 0 Å². The standard InChI is InChI=1S/C9H12N2O4S/c1-6(12)9-10-8(11-15-9)5-7-3-2-4-16(7,13)14/h7H,2-5H2,1H3. The third-order valence-corrected chi connectivity index (χ3v) is 4.92. The Balaban J connectivity index is 2.12. The van der Waals surface area contributed by atoms with Gasteiger partial charge in [0, 0.05) is 13.3 Å². The number of nitrogens with zero attached hydrogens (tertiary/aromatic N) is 2. The zero-order valence-electron chi connectivity index (χ0n) is 8.84. The van der Waals surface area contributed by atoms with Crippen molar-refractivity contribution in [1.29, 1.82) is 0 Å². The number of ketones is 1. The lowest BCUT2D eigenvalue weighted by atomic mass is 10.2. The van der Waals surface area contributed by atoms with E-state index in [-0.39, 0.29) is 23.8 Å². The first-order valence-electron chi connectivity index (χ1n) is 5.04. The fourth-order valence-electron chi connectivity index (χ4n) is 1.77. The molecule has 2 rings (SSSR count). The highest BCUT2D eigenvalue weighted by Crippen LogP contribution is 2.22. The average Bonchev–Trinajstić information content (AvgIpc) is 2.75. The van der Waals surface area contributed by atoms with Gasteiger partial charge in [0.2, 0.25) is 5.78 Å². The number of Topliss-reactive ketones (excluding diaryl/α,β-unsaturated/α-hetero) is 1. The van der Waals surface area contributed by atoms with E-state index in [0.29, 0.717) is 18.7 Å². The summed E-state index contributed by atoms with van der Waals surface area (Å²) in [6, 6.07) is 0. The highest BCUT2D eigenvalue weighted by Gasteiger charge is 2.32. The molecule has 16 heavy (non-hydrogen) atoms. The van der Waals surface area contributed by atoms with Crippen molar-refractivity contribution in [2.45, 2.75) is 31.4 Å². The Kier molecular flexibility index (Phi) is 2.79. The molecule has 0 N–H and O–H groups in total. The van der Waals surface area contributed by atoms with Crippen molar-refractivity contribution in [3.05, 3.63) is 11.7 Å². The number of carbonyl (C=O) groups is 1. The number of carbonyl (C=O) groups excluding carboxylic acids is 1. The third-order valence-electron chi connectivity index (χ3n) is 2.64. The molecule has 1 aliphatic rings. The van der Waals surface area contributed by atoms with Gasteiger partial charge < -0.3 is 4.52 Å². The minimum absolute atomic E-state index is 0.0644. The van der Waals surface area contributed by atoms with Gasteiger partial charge >= 0.3 is 0 Å². The first-order chi connectivity index (χ1) is 7.49. The Bertz CT molecular complexity index is 505. The molecule has 7 heteroatoms. The van der Waals surface area contributed by atoms with Crippen LogP contribution in [-0.4, -0.2) is 35.3 Å². The van der Waals surface area contributed by atoms with E-state index >= 15 is 0 Å². The zero-order chi connectivity index (χ0) is 11.8. The second-order valence-electron chi connectivity index (χ2n) is 3.91. The summed E-state index contributed by atoms with van der Waals surface area (Å²) < 4.78 is 27.8. The molecular formula is C9H12N2O4S. The van der Waals surface area contributed by atoms with Crippen LogP contribution >= 0.6 is 0 Å². The predicted molar refractivity (Wildman–Crippen MR) is 54.8 cm³/mol. The summed E-state index contributed by atoms with van der Waals surface area (Å²) >= 11 is 0. The maximum Gasteiger partial charge on any atom is 0.293 e. The summed E-state index contributed by atoms with van der Waals surface area (Å²) in [6.07, 6.45) is 1.55. The molecule has 6 nitrogen and oxygen atoms in total. The van der Waals surface area contributed by atoms with Crippen LogP contribution in [0.3, 0.4) is 0 Å². The number of hydrogen-bond acceptors (Lipinski definition) is 6. The van der Waals surface area contributed by atoms with E-state index in [9.17, 15) is 13.2 Å². The summed E-state index contributed by atoms with van der Waals surface area (Å²) in [6.45, 7) is 1.32. The second-order valence-corrected chi connectivity index (χ2v) is 6.31. The SMILES string of the molecule is CC(=O)c1nc(CC2CCCS2(=O)=O)no1. The van der Waals surface area contributed by atoms with E-state index in [1.165, 1.54) is 6.92 Å². The number of rotatable bonds is 3. The monoisotopic (exact) mass is 244 g/mol. The molecule has 0 aromatic carbocycles. The van der Waals surface area contributed by atoms with E-state index in [0.717, 1.165) is 0 Å². The Morgan fingerprint density at radius 3 is 2.81 bits per heavy atom. The van der Waals surface area contributed by atoms with Crippen LogP contribution in [0.15, 0.2) is 4.52 Å². The average molecular weight is 244 g/mol. The van der Waals surface area contributed by atoms with E-state index < -0.39 is 15.1 Å². The number of sulfone groups is 1. The molecule has 1 fully saturated rings. The molecule has 1 unspecified atom stereocenters. The van der Waals surface area contributed by atoms with Crippen molar-refractivity contribution in [2.75, 3.05) is 5.75 Å². The molecule has 2 heterocycles. The van der Waals surface area contributed by atoms with Gasteiger partial charge in [-0.1, -0.05) is 5.16 Å². The van der Waals surface area contributed by atoms with Crippen molar-refractivity contribution in [3.63, 3.8) is 0 Å². The largest absolute Gasteiger partial charge is 0.331 e. The Hall–Kier alpha value is -1.24. The van der Waals surface area contributed by atoms with Gasteiger partial charge in [-0.25, -0.2) is 8.42 Å². The van der Waals surface area contributed by atoms with Gasteiger partial charge in [-0.3, -0.25) is 4.79 Å². The van der Waals surface area contributed by atoms with Gasteiger partial charge in [-0.15, -0.1) is 0 Å². The van der Waals surface area contributed by atoms with Crippen LogP contribution in [0.2, 0.25) is 0 Å². The number of hydrogen-bond donors (Lipinski definition) is 0. The Morgan fingerprint density at radius 1 is 1.56 bits per heavy atom. The van der Waals surface area contributed by atoms with Crippen molar-refractivity contribution < 1.29 is 17.7 Å². The molecule has 1 aromatic heterocycles. The molecule has 1 atom stereocenters. The molecule has 0 spiro atoms. The molecule has 0 saturated carbocycles. The lowest BCUT2D eigenvalue weighted by molar-refractivity contribution is 0.0972. The molecule has 88 valence electrons. The van der Waals surface area contributed by atoms with Gasteiger partial charge in [-0.05, 0) is 12.8 Å². The molecular weight excluding hydrogens is 232 g/mol. The van der Waals surface area contributed by atoms with Crippen LogP contribution in [0.5, 0.6) is 0 Å². The zero-order valence-corrected chi connectivity index (χ0v) is 9.66. The summed E-state index contributed by atoms with van der Waals surface area (Å²) in [5, 5.41) is 3.17. The van der Waals surface area contributed by atoms with Gasteiger partial charge in [0.1, 0.15) is 0 Å². The maximum absolute atomic E-state index is 11.6. The molecule has 1 aliphatic heterocycles. The fourth-order valence-corrected chi connectivity index (χ4v) is 3.60. The Morgan fingerprint density at radius 2 is 2.31 bits per heavy atom. The third kappa shape index (κ3) is 2.13. The second kappa shape index (κ2) is 3.97. The predicted octanol–water partition coefficient (Wildman–Crippen LogP) is 0.392. The summed E-state index contributed by atoms with van der Waals surface area (Å²) in [5.74, 6) is 0.147. The molecule has 0 radical (unpaired) electrons. The van der Waals surface area contributed by atoms with Crippen LogP contribution in [0.25, 0.3) is 0 Å². The van der Waals surface area contributed by atoms with Crippen molar-refractivity contribution in [1.82, 2.24) is 10.1 Å². The highest BCUT2D eigenvalue weighted by molar-refractivity contribution is 7.92. The lowest BCUT2D eigenvalue weighted by Crippen LogP contribution is -2.19. The first kappa shape index (κ1) is 11.3. The van der Waals surface area contributed by atoms with Gasteiger partial charge in [0.05, 0.1) is 11.0 Å². The van der Waals surface area contributed by atoms with Gasteiger partial charge in [-0.2, -0.15) is 4.98 Å². The maximum atomic E-state index is 11.6. The smallest absolute Gasteiger partial charge is 0.293 e. The van der Waals surface area contributed by atoms with E-state index in [4.69, 9.17) is 4.52 Å². The van der Waals surface area contributed by atoms with Crippen LogP contribution < -0.4 is 0 Å². The minimum atomic E-state index is -3.00. The van der Waals surface area contributed by atoms with Crippen molar-refractivity contribution in [3.8, 4) is 0 Å².